The van der Waals surface area contributed by atoms with E-state index in [1.807, 2.05) is 0 Å². The van der Waals surface area contributed by atoms with Gasteiger partial charge in [-0.05, 0) is 6.42 Å². The maximum Gasteiger partial charge on any atom is 0.304 e. The molecule has 68 valence electrons. The molecule has 0 aliphatic rings. The number of allylic oxidation sites excluding steroid dienone is 1. The van der Waals surface area contributed by atoms with Crippen LogP contribution in [0.3, 0.4) is 0 Å². The minimum absolute atomic E-state index is 0.417. The summed E-state index contributed by atoms with van der Waals surface area (Å²) in [6.45, 7) is 8.31. The number of carbonyl (C=O) groups is 1. The Balaban J connectivity index is 4.56. The van der Waals surface area contributed by atoms with Gasteiger partial charge in [-0.1, -0.05) is 18.6 Å². The van der Waals surface area contributed by atoms with Crippen molar-refractivity contribution in [2.75, 3.05) is 0 Å². The minimum atomic E-state index is -0.673. The molecule has 2 nitrogen and oxygen atoms in total. The van der Waals surface area contributed by atoms with Crippen LogP contribution in [0, 0.1) is 12.3 Å². The van der Waals surface area contributed by atoms with E-state index in [0.717, 1.165) is 0 Å². The summed E-state index contributed by atoms with van der Waals surface area (Å²) in [5, 5.41) is 0. The van der Waals surface area contributed by atoms with E-state index in [1.165, 1.54) is 6.92 Å². The topological polar surface area (TPSA) is 26.3 Å². The second-order valence-corrected chi connectivity index (χ2v) is 2.35. The van der Waals surface area contributed by atoms with Crippen LogP contribution in [0.1, 0.15) is 13.3 Å². The molecular formula is C11H12O2. The van der Waals surface area contributed by atoms with Gasteiger partial charge < -0.3 is 4.74 Å². The maximum absolute atomic E-state index is 10.6. The quantitative estimate of drug-likeness (QED) is 0.283. The van der Waals surface area contributed by atoms with E-state index < -0.39 is 12.1 Å². The first-order chi connectivity index (χ1) is 6.15. The SMILES string of the molecule is C#CC(OC(C)=O)C(=C=C)CC=C. The van der Waals surface area contributed by atoms with Crippen LogP contribution in [0.4, 0.5) is 0 Å². The van der Waals surface area contributed by atoms with Gasteiger partial charge in [0.2, 0.25) is 0 Å². The molecule has 0 amide bonds. The third-order valence-electron chi connectivity index (χ3n) is 1.34. The van der Waals surface area contributed by atoms with Crippen molar-refractivity contribution >= 4 is 5.97 Å². The van der Waals surface area contributed by atoms with Crippen LogP contribution >= 0.6 is 0 Å². The average Bonchev–Trinajstić information content (AvgIpc) is 2.10. The molecule has 1 unspecified atom stereocenters. The first kappa shape index (κ1) is 11.3. The smallest absolute Gasteiger partial charge is 0.304 e. The number of terminal acetylenes is 1. The molecule has 13 heavy (non-hydrogen) atoms. The van der Waals surface area contributed by atoms with Crippen molar-refractivity contribution in [1.82, 2.24) is 0 Å². The molecule has 0 rings (SSSR count). The van der Waals surface area contributed by atoms with Gasteiger partial charge in [-0.3, -0.25) is 4.79 Å². The zero-order chi connectivity index (χ0) is 10.3. The molecular weight excluding hydrogens is 164 g/mol. The van der Waals surface area contributed by atoms with Gasteiger partial charge in [-0.2, -0.15) is 0 Å². The summed E-state index contributed by atoms with van der Waals surface area (Å²) in [6, 6.07) is 0. The van der Waals surface area contributed by atoms with Crippen molar-refractivity contribution in [2.45, 2.75) is 19.4 Å². The van der Waals surface area contributed by atoms with Gasteiger partial charge >= 0.3 is 5.97 Å². The lowest BCUT2D eigenvalue weighted by molar-refractivity contribution is -0.142. The van der Waals surface area contributed by atoms with Gasteiger partial charge in [0, 0.05) is 12.5 Å². The lowest BCUT2D eigenvalue weighted by atomic mass is 10.1. The molecule has 0 aromatic rings. The Bertz CT molecular complexity index is 288. The molecule has 0 spiro atoms. The van der Waals surface area contributed by atoms with Crippen LogP contribution in [-0.2, 0) is 9.53 Å². The normalized spacial score (nSPS) is 10.5. The monoisotopic (exact) mass is 176 g/mol. The van der Waals surface area contributed by atoms with Crippen molar-refractivity contribution in [2.24, 2.45) is 0 Å². The average molecular weight is 176 g/mol. The second-order valence-electron chi connectivity index (χ2n) is 2.35. The molecule has 0 saturated carbocycles. The van der Waals surface area contributed by atoms with Crippen molar-refractivity contribution in [3.63, 3.8) is 0 Å². The molecule has 0 fully saturated rings. The zero-order valence-electron chi connectivity index (χ0n) is 7.67. The van der Waals surface area contributed by atoms with Crippen molar-refractivity contribution < 1.29 is 9.53 Å². The number of esters is 1. The predicted octanol–water partition coefficient (Wildman–Crippen LogP) is 1.84. The van der Waals surface area contributed by atoms with E-state index in [4.69, 9.17) is 11.2 Å². The Morgan fingerprint density at radius 2 is 2.38 bits per heavy atom. The standard InChI is InChI=1S/C11H12O2/c1-5-8-10(6-2)11(7-3)13-9(4)12/h3,5,11H,1-2,8H2,4H3. The fourth-order valence-electron chi connectivity index (χ4n) is 0.799. The van der Waals surface area contributed by atoms with Crippen LogP contribution in [0.5, 0.6) is 0 Å². The van der Waals surface area contributed by atoms with E-state index >= 15 is 0 Å². The molecule has 0 saturated heterocycles. The Kier molecular flexibility index (Phi) is 5.11. The highest BCUT2D eigenvalue weighted by Gasteiger charge is 2.12. The molecule has 2 heteroatoms. The number of ether oxygens (including phenoxy) is 1. The molecule has 0 aromatic carbocycles. The molecule has 0 bridgehead atoms. The molecule has 0 aliphatic carbocycles. The fourth-order valence-corrected chi connectivity index (χ4v) is 0.799. The van der Waals surface area contributed by atoms with Gasteiger partial charge in [-0.15, -0.1) is 18.7 Å². The van der Waals surface area contributed by atoms with Gasteiger partial charge in [-0.25, -0.2) is 0 Å². The van der Waals surface area contributed by atoms with E-state index in [2.05, 4.69) is 24.8 Å². The number of rotatable bonds is 4. The molecule has 1 atom stereocenters. The maximum atomic E-state index is 10.6. The molecule has 0 aromatic heterocycles. The Hall–Kier alpha value is -1.71. The van der Waals surface area contributed by atoms with Crippen molar-refractivity contribution in [3.8, 4) is 12.3 Å². The highest BCUT2D eigenvalue weighted by Crippen LogP contribution is 2.09. The highest BCUT2D eigenvalue weighted by molar-refractivity contribution is 5.67. The van der Waals surface area contributed by atoms with Crippen LogP contribution in [0.2, 0.25) is 0 Å². The van der Waals surface area contributed by atoms with Gasteiger partial charge in [0.15, 0.2) is 6.10 Å². The van der Waals surface area contributed by atoms with Gasteiger partial charge in [0.25, 0.3) is 0 Å². The second kappa shape index (κ2) is 5.88. The highest BCUT2D eigenvalue weighted by atomic mass is 16.5. The van der Waals surface area contributed by atoms with Crippen LogP contribution < -0.4 is 0 Å². The number of hydrogen-bond acceptors (Lipinski definition) is 2. The van der Waals surface area contributed by atoms with E-state index in [0.29, 0.717) is 12.0 Å². The lowest BCUT2D eigenvalue weighted by Gasteiger charge is -2.11. The van der Waals surface area contributed by atoms with Crippen LogP contribution in [0.25, 0.3) is 0 Å². The Morgan fingerprint density at radius 3 is 2.69 bits per heavy atom. The molecule has 0 heterocycles. The van der Waals surface area contributed by atoms with E-state index in [1.54, 1.807) is 6.08 Å². The summed E-state index contributed by atoms with van der Waals surface area (Å²) in [5.74, 6) is 1.92. The van der Waals surface area contributed by atoms with Crippen molar-refractivity contribution in [1.29, 1.82) is 0 Å². The molecule has 0 N–H and O–H groups in total. The lowest BCUT2D eigenvalue weighted by Crippen LogP contribution is -2.16. The minimum Gasteiger partial charge on any atom is -0.444 e. The third kappa shape index (κ3) is 4.00. The first-order valence-electron chi connectivity index (χ1n) is 3.78. The molecule has 0 radical (unpaired) electrons. The Labute approximate surface area is 78.6 Å². The largest absolute Gasteiger partial charge is 0.444 e. The zero-order valence-corrected chi connectivity index (χ0v) is 7.67. The van der Waals surface area contributed by atoms with Crippen molar-refractivity contribution in [3.05, 3.63) is 30.5 Å². The molecule has 0 aliphatic heterocycles. The summed E-state index contributed by atoms with van der Waals surface area (Å²) >= 11 is 0. The third-order valence-corrected chi connectivity index (χ3v) is 1.34. The summed E-state index contributed by atoms with van der Waals surface area (Å²) in [7, 11) is 0. The summed E-state index contributed by atoms with van der Waals surface area (Å²) < 4.78 is 4.84. The van der Waals surface area contributed by atoms with Gasteiger partial charge in [0.05, 0.1) is 0 Å². The van der Waals surface area contributed by atoms with E-state index in [9.17, 15) is 4.79 Å². The summed E-state index contributed by atoms with van der Waals surface area (Å²) in [4.78, 5) is 10.6. The fraction of sp³-hybridized carbons (Fsp3) is 0.273. The van der Waals surface area contributed by atoms with E-state index in [-0.39, 0.29) is 0 Å². The Morgan fingerprint density at radius 1 is 1.77 bits per heavy atom. The number of hydrogen-bond donors (Lipinski definition) is 0. The van der Waals surface area contributed by atoms with Crippen LogP contribution in [0.15, 0.2) is 30.5 Å². The predicted molar refractivity (Wildman–Crippen MR) is 51.9 cm³/mol. The number of carbonyl (C=O) groups excluding carboxylic acids is 1. The summed E-state index contributed by atoms with van der Waals surface area (Å²) in [6.07, 6.45) is 6.68. The first-order valence-corrected chi connectivity index (χ1v) is 3.78. The summed E-state index contributed by atoms with van der Waals surface area (Å²) in [5.41, 5.74) is 3.28. The van der Waals surface area contributed by atoms with Crippen LogP contribution in [-0.4, -0.2) is 12.1 Å². The van der Waals surface area contributed by atoms with Gasteiger partial charge in [0.1, 0.15) is 0 Å².